The first kappa shape index (κ1) is 14.9. The van der Waals surface area contributed by atoms with Crippen molar-refractivity contribution in [3.05, 3.63) is 29.8 Å². The van der Waals surface area contributed by atoms with Gasteiger partial charge in [-0.15, -0.1) is 0 Å². The van der Waals surface area contributed by atoms with E-state index in [1.165, 1.54) is 5.56 Å². The van der Waals surface area contributed by atoms with Gasteiger partial charge >= 0.3 is 0 Å². The Morgan fingerprint density at radius 1 is 1.15 bits per heavy atom. The molecule has 0 radical (unpaired) electrons. The molecule has 1 aromatic rings. The molecule has 110 valence electrons. The highest BCUT2D eigenvalue weighted by molar-refractivity contribution is 5.77. The summed E-state index contributed by atoms with van der Waals surface area (Å²) in [6.45, 7) is 7.92. The third-order valence-corrected chi connectivity index (χ3v) is 3.77. The van der Waals surface area contributed by atoms with E-state index >= 15 is 0 Å². The molecule has 20 heavy (non-hydrogen) atoms. The molecule has 2 rings (SSSR count). The number of nitrogens with zero attached hydrogens (tertiary/aromatic N) is 2. The van der Waals surface area contributed by atoms with Crippen molar-refractivity contribution in [3.8, 4) is 5.75 Å². The summed E-state index contributed by atoms with van der Waals surface area (Å²) >= 11 is 0. The zero-order valence-electron chi connectivity index (χ0n) is 12.6. The van der Waals surface area contributed by atoms with E-state index in [-0.39, 0.29) is 12.5 Å². The van der Waals surface area contributed by atoms with E-state index in [1.807, 2.05) is 17.0 Å². The Morgan fingerprint density at radius 2 is 1.75 bits per heavy atom. The summed E-state index contributed by atoms with van der Waals surface area (Å²) in [6.07, 6.45) is 0. The van der Waals surface area contributed by atoms with Crippen molar-refractivity contribution in [3.63, 3.8) is 0 Å². The highest BCUT2D eigenvalue weighted by Crippen LogP contribution is 2.18. The zero-order chi connectivity index (χ0) is 14.5. The van der Waals surface area contributed by atoms with Gasteiger partial charge in [0.15, 0.2) is 6.61 Å². The molecule has 1 fully saturated rings. The lowest BCUT2D eigenvalue weighted by molar-refractivity contribution is -0.134. The molecule has 0 saturated carbocycles. The second-order valence-electron chi connectivity index (χ2n) is 5.70. The quantitative estimate of drug-likeness (QED) is 0.843. The molecule has 4 nitrogen and oxygen atoms in total. The van der Waals surface area contributed by atoms with Gasteiger partial charge in [-0.25, -0.2) is 0 Å². The SMILES string of the molecule is CC(C)c1ccc(OCC(=O)N2CCN(C)CC2)cc1. The molecule has 1 amide bonds. The first-order chi connectivity index (χ1) is 9.56. The molecule has 1 aliphatic rings. The maximum atomic E-state index is 12.0. The Morgan fingerprint density at radius 3 is 2.30 bits per heavy atom. The summed E-state index contributed by atoms with van der Waals surface area (Å²) in [7, 11) is 2.08. The summed E-state index contributed by atoms with van der Waals surface area (Å²) in [5, 5.41) is 0. The van der Waals surface area contributed by atoms with Gasteiger partial charge in [0, 0.05) is 26.2 Å². The van der Waals surface area contributed by atoms with Crippen molar-refractivity contribution in [2.45, 2.75) is 19.8 Å². The topological polar surface area (TPSA) is 32.8 Å². The number of carbonyl (C=O) groups excluding carboxylic acids is 1. The molecule has 0 atom stereocenters. The highest BCUT2D eigenvalue weighted by Gasteiger charge is 2.19. The van der Waals surface area contributed by atoms with Gasteiger partial charge < -0.3 is 14.5 Å². The van der Waals surface area contributed by atoms with Crippen LogP contribution in [0.1, 0.15) is 25.3 Å². The van der Waals surface area contributed by atoms with Gasteiger partial charge in [0.25, 0.3) is 5.91 Å². The zero-order valence-corrected chi connectivity index (χ0v) is 12.6. The first-order valence-electron chi connectivity index (χ1n) is 7.25. The number of rotatable bonds is 4. The standard InChI is InChI=1S/C16H24N2O2/c1-13(2)14-4-6-15(7-5-14)20-12-16(19)18-10-8-17(3)9-11-18/h4-7,13H,8-12H2,1-3H3. The third kappa shape index (κ3) is 3.97. The van der Waals surface area contributed by atoms with Crippen LogP contribution in [0.3, 0.4) is 0 Å². The normalized spacial score (nSPS) is 16.5. The van der Waals surface area contributed by atoms with Crippen LogP contribution in [0.2, 0.25) is 0 Å². The van der Waals surface area contributed by atoms with Gasteiger partial charge in [0.05, 0.1) is 0 Å². The van der Waals surface area contributed by atoms with E-state index in [0.29, 0.717) is 5.92 Å². The van der Waals surface area contributed by atoms with Crippen LogP contribution in [-0.2, 0) is 4.79 Å². The molecular formula is C16H24N2O2. The molecular weight excluding hydrogens is 252 g/mol. The molecule has 0 unspecified atom stereocenters. The van der Waals surface area contributed by atoms with Crippen LogP contribution in [0.5, 0.6) is 5.75 Å². The lowest BCUT2D eigenvalue weighted by Gasteiger charge is -2.32. The van der Waals surface area contributed by atoms with Crippen molar-refractivity contribution < 1.29 is 9.53 Å². The lowest BCUT2D eigenvalue weighted by atomic mass is 10.0. The molecule has 1 saturated heterocycles. The largest absolute Gasteiger partial charge is 0.484 e. The van der Waals surface area contributed by atoms with E-state index in [4.69, 9.17) is 4.74 Å². The minimum atomic E-state index is 0.0750. The fraction of sp³-hybridized carbons (Fsp3) is 0.562. The maximum absolute atomic E-state index is 12.0. The summed E-state index contributed by atoms with van der Waals surface area (Å²) in [5.74, 6) is 1.35. The molecule has 4 heteroatoms. The van der Waals surface area contributed by atoms with Gasteiger partial charge in [0.2, 0.25) is 0 Å². The van der Waals surface area contributed by atoms with Crippen LogP contribution in [-0.4, -0.2) is 55.5 Å². The number of amides is 1. The summed E-state index contributed by atoms with van der Waals surface area (Å²) in [4.78, 5) is 16.1. The fourth-order valence-corrected chi connectivity index (χ4v) is 2.24. The Hall–Kier alpha value is -1.55. The third-order valence-electron chi connectivity index (χ3n) is 3.77. The minimum Gasteiger partial charge on any atom is -0.484 e. The van der Waals surface area contributed by atoms with Gasteiger partial charge in [-0.1, -0.05) is 26.0 Å². The van der Waals surface area contributed by atoms with Crippen LogP contribution in [0.4, 0.5) is 0 Å². The maximum Gasteiger partial charge on any atom is 0.260 e. The second kappa shape index (κ2) is 6.75. The number of carbonyl (C=O) groups is 1. The number of piperazine rings is 1. The molecule has 1 aromatic carbocycles. The molecule has 0 N–H and O–H groups in total. The van der Waals surface area contributed by atoms with E-state index in [1.54, 1.807) is 0 Å². The van der Waals surface area contributed by atoms with Crippen molar-refractivity contribution in [2.75, 3.05) is 39.8 Å². The Bertz CT molecular complexity index is 434. The minimum absolute atomic E-state index is 0.0750. The fourth-order valence-electron chi connectivity index (χ4n) is 2.24. The van der Waals surface area contributed by atoms with Gasteiger partial charge in [-0.05, 0) is 30.7 Å². The van der Waals surface area contributed by atoms with Crippen LogP contribution < -0.4 is 4.74 Å². The van der Waals surface area contributed by atoms with Crippen molar-refractivity contribution in [2.24, 2.45) is 0 Å². The van der Waals surface area contributed by atoms with Crippen molar-refractivity contribution in [1.82, 2.24) is 9.80 Å². The number of likely N-dealkylation sites (N-methyl/N-ethyl adjacent to an activating group) is 1. The van der Waals surface area contributed by atoms with Crippen molar-refractivity contribution in [1.29, 1.82) is 0 Å². The second-order valence-corrected chi connectivity index (χ2v) is 5.70. The predicted molar refractivity (Wildman–Crippen MR) is 80.1 cm³/mol. The number of hydrogen-bond donors (Lipinski definition) is 0. The van der Waals surface area contributed by atoms with Gasteiger partial charge in [-0.2, -0.15) is 0 Å². The van der Waals surface area contributed by atoms with Crippen LogP contribution in [0.15, 0.2) is 24.3 Å². The highest BCUT2D eigenvalue weighted by atomic mass is 16.5. The molecule has 0 spiro atoms. The van der Waals surface area contributed by atoms with Gasteiger partial charge in [0.1, 0.15) is 5.75 Å². The van der Waals surface area contributed by atoms with E-state index in [9.17, 15) is 4.79 Å². The molecule has 0 aliphatic carbocycles. The van der Waals surface area contributed by atoms with E-state index in [2.05, 4.69) is 37.9 Å². The lowest BCUT2D eigenvalue weighted by Crippen LogP contribution is -2.48. The molecule has 1 heterocycles. The first-order valence-corrected chi connectivity index (χ1v) is 7.25. The van der Waals surface area contributed by atoms with E-state index < -0.39 is 0 Å². The molecule has 0 aromatic heterocycles. The predicted octanol–water partition coefficient (Wildman–Crippen LogP) is 1.96. The average molecular weight is 276 g/mol. The van der Waals surface area contributed by atoms with Crippen LogP contribution >= 0.6 is 0 Å². The monoisotopic (exact) mass is 276 g/mol. The molecule has 0 bridgehead atoms. The summed E-state index contributed by atoms with van der Waals surface area (Å²) < 4.78 is 5.58. The summed E-state index contributed by atoms with van der Waals surface area (Å²) in [5.41, 5.74) is 1.28. The Labute approximate surface area is 121 Å². The van der Waals surface area contributed by atoms with Crippen molar-refractivity contribution >= 4 is 5.91 Å². The number of benzene rings is 1. The van der Waals surface area contributed by atoms with Crippen LogP contribution in [0.25, 0.3) is 0 Å². The smallest absolute Gasteiger partial charge is 0.260 e. The Balaban J connectivity index is 1.81. The molecule has 1 aliphatic heterocycles. The summed E-state index contributed by atoms with van der Waals surface area (Å²) in [6, 6.07) is 7.99. The van der Waals surface area contributed by atoms with Gasteiger partial charge in [-0.3, -0.25) is 4.79 Å². The number of ether oxygens (including phenoxy) is 1. The van der Waals surface area contributed by atoms with E-state index in [0.717, 1.165) is 31.9 Å². The Kier molecular flexibility index (Phi) is 5.01. The average Bonchev–Trinajstić information content (AvgIpc) is 2.46. The van der Waals surface area contributed by atoms with Crippen LogP contribution in [0, 0.1) is 0 Å². The number of hydrogen-bond acceptors (Lipinski definition) is 3.